The number of ether oxygens (including phenoxy) is 2. The average molecular weight is 426 g/mol. The van der Waals surface area contributed by atoms with Crippen LogP contribution >= 0.6 is 0 Å². The van der Waals surface area contributed by atoms with Crippen LogP contribution in [0.4, 0.5) is 4.79 Å². The van der Waals surface area contributed by atoms with Gasteiger partial charge in [0.15, 0.2) is 0 Å². The van der Waals surface area contributed by atoms with Crippen molar-refractivity contribution in [3.8, 4) is 0 Å². The first kappa shape index (κ1) is 20.0. The van der Waals surface area contributed by atoms with Crippen LogP contribution in [0, 0.1) is 11.8 Å². The summed E-state index contributed by atoms with van der Waals surface area (Å²) in [5.41, 5.74) is 0.276. The van der Waals surface area contributed by atoms with E-state index in [1.165, 1.54) is 0 Å². The standard InChI is InChI=1S/C22H26N4O5/c1-2-30-21(29)25-11-9-24(10-12-25)19(27)17-16-3-6-22(31-16)14-26(20(28)18(17)22)13-15-4-7-23-8-5-15/h3-8,16-18H,2,9-14H2,1H3/t16-,17+,18-,22+/m1/s1. The zero-order chi connectivity index (χ0) is 21.6. The maximum Gasteiger partial charge on any atom is 0.409 e. The highest BCUT2D eigenvalue weighted by Gasteiger charge is 2.67. The lowest BCUT2D eigenvalue weighted by atomic mass is 9.76. The van der Waals surface area contributed by atoms with Crippen molar-refractivity contribution < 1.29 is 23.9 Å². The third-order valence-corrected chi connectivity index (χ3v) is 6.70. The van der Waals surface area contributed by atoms with E-state index in [0.717, 1.165) is 5.56 Å². The van der Waals surface area contributed by atoms with Crippen molar-refractivity contribution >= 4 is 17.9 Å². The zero-order valence-corrected chi connectivity index (χ0v) is 17.5. The third-order valence-electron chi connectivity index (χ3n) is 6.70. The lowest BCUT2D eigenvalue weighted by molar-refractivity contribution is -0.144. The Morgan fingerprint density at radius 3 is 2.61 bits per heavy atom. The van der Waals surface area contributed by atoms with Gasteiger partial charge in [-0.15, -0.1) is 0 Å². The minimum absolute atomic E-state index is 0.0350. The summed E-state index contributed by atoms with van der Waals surface area (Å²) in [4.78, 5) is 47.9. The zero-order valence-electron chi connectivity index (χ0n) is 17.5. The first-order chi connectivity index (χ1) is 15.0. The molecule has 0 unspecified atom stereocenters. The van der Waals surface area contributed by atoms with Crippen LogP contribution in [0.2, 0.25) is 0 Å². The van der Waals surface area contributed by atoms with Gasteiger partial charge in [0.1, 0.15) is 5.60 Å². The lowest BCUT2D eigenvalue weighted by Crippen LogP contribution is -2.54. The number of carbonyl (C=O) groups excluding carboxylic acids is 3. The average Bonchev–Trinajstić information content (AvgIpc) is 3.42. The predicted molar refractivity (Wildman–Crippen MR) is 109 cm³/mol. The van der Waals surface area contributed by atoms with E-state index in [-0.39, 0.29) is 24.0 Å². The molecule has 0 aromatic carbocycles. The highest BCUT2D eigenvalue weighted by Crippen LogP contribution is 2.52. The smallest absolute Gasteiger partial charge is 0.409 e. The first-order valence-electron chi connectivity index (χ1n) is 10.8. The molecule has 9 heteroatoms. The Morgan fingerprint density at radius 1 is 1.19 bits per heavy atom. The van der Waals surface area contributed by atoms with E-state index in [9.17, 15) is 14.4 Å². The van der Waals surface area contributed by atoms with Gasteiger partial charge in [-0.05, 0) is 24.6 Å². The number of fused-ring (bicyclic) bond motifs is 1. The van der Waals surface area contributed by atoms with Crippen LogP contribution in [0.3, 0.4) is 0 Å². The topological polar surface area (TPSA) is 92.3 Å². The second-order valence-electron chi connectivity index (χ2n) is 8.46. The molecule has 0 aliphatic carbocycles. The molecule has 5 rings (SSSR count). The normalized spacial score (nSPS) is 31.3. The molecule has 4 aliphatic rings. The van der Waals surface area contributed by atoms with E-state index < -0.39 is 17.4 Å². The van der Waals surface area contributed by atoms with Gasteiger partial charge in [0.05, 0.1) is 31.1 Å². The number of hydrogen-bond donors (Lipinski definition) is 0. The number of amides is 3. The molecule has 0 saturated carbocycles. The summed E-state index contributed by atoms with van der Waals surface area (Å²) in [6.07, 6.45) is 6.59. The van der Waals surface area contributed by atoms with Crippen LogP contribution in [0.1, 0.15) is 12.5 Å². The molecule has 3 fully saturated rings. The van der Waals surface area contributed by atoms with Crippen molar-refractivity contribution in [2.75, 3.05) is 39.3 Å². The first-order valence-corrected chi connectivity index (χ1v) is 10.8. The maximum atomic E-state index is 13.4. The highest BCUT2D eigenvalue weighted by molar-refractivity contribution is 5.93. The van der Waals surface area contributed by atoms with Crippen LogP contribution in [-0.2, 0) is 25.6 Å². The van der Waals surface area contributed by atoms with E-state index >= 15 is 0 Å². The van der Waals surface area contributed by atoms with Crippen LogP contribution in [0.25, 0.3) is 0 Å². The molecule has 1 aromatic heterocycles. The number of piperazine rings is 1. The second-order valence-corrected chi connectivity index (χ2v) is 8.46. The maximum absolute atomic E-state index is 13.4. The summed E-state index contributed by atoms with van der Waals surface area (Å²) in [6.45, 7) is 4.73. The van der Waals surface area contributed by atoms with Crippen molar-refractivity contribution in [3.05, 3.63) is 42.2 Å². The molecule has 0 radical (unpaired) electrons. The molecule has 9 nitrogen and oxygen atoms in total. The number of pyridine rings is 1. The van der Waals surface area contributed by atoms with E-state index in [0.29, 0.717) is 45.9 Å². The Labute approximate surface area is 180 Å². The van der Waals surface area contributed by atoms with Gasteiger partial charge in [0.25, 0.3) is 0 Å². The summed E-state index contributed by atoms with van der Waals surface area (Å²) >= 11 is 0. The van der Waals surface area contributed by atoms with E-state index in [2.05, 4.69) is 4.98 Å². The van der Waals surface area contributed by atoms with Gasteiger partial charge in [-0.25, -0.2) is 4.79 Å². The summed E-state index contributed by atoms with van der Waals surface area (Å²) in [6, 6.07) is 3.78. The molecular formula is C22H26N4O5. The highest BCUT2D eigenvalue weighted by atomic mass is 16.6. The molecule has 4 atom stereocenters. The van der Waals surface area contributed by atoms with Crippen molar-refractivity contribution in [2.24, 2.45) is 11.8 Å². The fraction of sp³-hybridized carbons (Fsp3) is 0.545. The Kier molecular flexibility index (Phi) is 4.92. The fourth-order valence-electron chi connectivity index (χ4n) is 5.24. The molecule has 0 N–H and O–H groups in total. The lowest BCUT2D eigenvalue weighted by Gasteiger charge is -2.36. The largest absolute Gasteiger partial charge is 0.450 e. The molecular weight excluding hydrogens is 400 g/mol. The molecule has 3 amide bonds. The van der Waals surface area contributed by atoms with Crippen molar-refractivity contribution in [1.82, 2.24) is 19.7 Å². The SMILES string of the molecule is CCOC(=O)N1CCN(C(=O)[C@H]2[C@H]3C=C[C@@]4(CN(Cc5ccncc5)C(=O)[C@@H]24)O3)CC1. The number of rotatable bonds is 4. The Morgan fingerprint density at radius 2 is 1.90 bits per heavy atom. The third kappa shape index (κ3) is 3.27. The number of likely N-dealkylation sites (tertiary alicyclic amines) is 1. The van der Waals surface area contributed by atoms with Gasteiger partial charge in [0, 0.05) is 45.1 Å². The van der Waals surface area contributed by atoms with Gasteiger partial charge < -0.3 is 24.2 Å². The molecule has 1 spiro atoms. The van der Waals surface area contributed by atoms with Crippen molar-refractivity contribution in [1.29, 1.82) is 0 Å². The second kappa shape index (κ2) is 7.64. The van der Waals surface area contributed by atoms with Gasteiger partial charge >= 0.3 is 6.09 Å². The van der Waals surface area contributed by atoms with E-state index in [1.54, 1.807) is 34.0 Å². The van der Waals surface area contributed by atoms with E-state index in [1.807, 2.05) is 24.3 Å². The Hall–Kier alpha value is -2.94. The molecule has 2 bridgehead atoms. The van der Waals surface area contributed by atoms with Crippen LogP contribution in [0.15, 0.2) is 36.7 Å². The van der Waals surface area contributed by atoms with Crippen LogP contribution in [-0.4, -0.2) is 88.6 Å². The Balaban J connectivity index is 1.29. The molecule has 1 aromatic rings. The van der Waals surface area contributed by atoms with Crippen molar-refractivity contribution in [2.45, 2.75) is 25.2 Å². The monoisotopic (exact) mass is 426 g/mol. The van der Waals surface area contributed by atoms with Crippen LogP contribution in [0.5, 0.6) is 0 Å². The minimum atomic E-state index is -0.720. The molecule has 3 saturated heterocycles. The summed E-state index contributed by atoms with van der Waals surface area (Å²) in [5.74, 6) is -1.12. The number of nitrogens with zero attached hydrogens (tertiary/aromatic N) is 4. The van der Waals surface area contributed by atoms with Crippen LogP contribution < -0.4 is 0 Å². The van der Waals surface area contributed by atoms with E-state index in [4.69, 9.17) is 9.47 Å². The minimum Gasteiger partial charge on any atom is -0.450 e. The van der Waals surface area contributed by atoms with Gasteiger partial charge in [-0.2, -0.15) is 0 Å². The van der Waals surface area contributed by atoms with Gasteiger partial charge in [0.2, 0.25) is 11.8 Å². The molecule has 4 aliphatic heterocycles. The summed E-state index contributed by atoms with van der Waals surface area (Å²) < 4.78 is 11.3. The molecule has 31 heavy (non-hydrogen) atoms. The number of aromatic nitrogens is 1. The fourth-order valence-corrected chi connectivity index (χ4v) is 5.24. The number of hydrogen-bond acceptors (Lipinski definition) is 6. The van der Waals surface area contributed by atoms with Gasteiger partial charge in [-0.3, -0.25) is 14.6 Å². The quantitative estimate of drug-likeness (QED) is 0.657. The summed E-state index contributed by atoms with van der Waals surface area (Å²) in [5, 5.41) is 0. The Bertz CT molecular complexity index is 914. The number of carbonyl (C=O) groups is 3. The predicted octanol–water partition coefficient (Wildman–Crippen LogP) is 0.664. The molecule has 164 valence electrons. The summed E-state index contributed by atoms with van der Waals surface area (Å²) in [7, 11) is 0. The van der Waals surface area contributed by atoms with Crippen molar-refractivity contribution in [3.63, 3.8) is 0 Å². The van der Waals surface area contributed by atoms with Gasteiger partial charge in [-0.1, -0.05) is 12.2 Å². The molecule has 5 heterocycles.